The van der Waals surface area contributed by atoms with Crippen LogP contribution in [0.25, 0.3) is 54.9 Å². The molecule has 0 bridgehead atoms. The van der Waals surface area contributed by atoms with Crippen molar-refractivity contribution in [1.82, 2.24) is 9.97 Å². The highest BCUT2D eigenvalue weighted by molar-refractivity contribution is 6.29. The van der Waals surface area contributed by atoms with Gasteiger partial charge in [-0.3, -0.25) is 0 Å². The number of fused-ring (bicyclic) bond motifs is 8. The van der Waals surface area contributed by atoms with E-state index in [9.17, 15) is 0 Å². The predicted molar refractivity (Wildman–Crippen MR) is 129 cm³/mol. The second-order valence-corrected chi connectivity index (χ2v) is 8.16. The van der Waals surface area contributed by atoms with Crippen molar-refractivity contribution >= 4 is 43.5 Å². The molecule has 158 valence electrons. The lowest BCUT2D eigenvalue weighted by atomic mass is 9.96. The number of ether oxygens (including phenoxy) is 2. The highest BCUT2D eigenvalue weighted by Gasteiger charge is 2.20. The molecule has 0 aliphatic carbocycles. The minimum atomic E-state index is 0.668. The number of aromatic amines is 1. The third kappa shape index (κ3) is 2.48. The van der Waals surface area contributed by atoms with Crippen LogP contribution in [-0.4, -0.2) is 24.2 Å². The van der Waals surface area contributed by atoms with E-state index in [-0.39, 0.29) is 0 Å². The molecule has 0 atom stereocenters. The fourth-order valence-electron chi connectivity index (χ4n) is 4.77. The Kier molecular flexibility index (Phi) is 3.96. The van der Waals surface area contributed by atoms with Gasteiger partial charge in [0.2, 0.25) is 0 Å². The van der Waals surface area contributed by atoms with Crippen molar-refractivity contribution in [3.8, 4) is 22.9 Å². The minimum Gasteiger partial charge on any atom is -0.493 e. The van der Waals surface area contributed by atoms with Crippen molar-refractivity contribution in [3.63, 3.8) is 0 Å². The number of hydrogen-bond acceptors (Lipinski definition) is 4. The van der Waals surface area contributed by atoms with E-state index in [4.69, 9.17) is 18.9 Å². The molecule has 0 spiro atoms. The number of aryl methyl sites for hydroxylation is 2. The first-order valence-corrected chi connectivity index (χ1v) is 10.5. The van der Waals surface area contributed by atoms with Crippen LogP contribution in [0, 0.1) is 13.8 Å². The summed E-state index contributed by atoms with van der Waals surface area (Å²) in [5.41, 5.74) is 6.06. The largest absolute Gasteiger partial charge is 0.493 e. The summed E-state index contributed by atoms with van der Waals surface area (Å²) in [6.45, 7) is 4.21. The molecule has 1 N–H and O–H groups in total. The van der Waals surface area contributed by atoms with Gasteiger partial charge in [0.05, 0.1) is 31.5 Å². The summed E-state index contributed by atoms with van der Waals surface area (Å²) < 4.78 is 17.0. The highest BCUT2D eigenvalue weighted by Crippen LogP contribution is 2.41. The molecule has 0 unspecified atom stereocenters. The van der Waals surface area contributed by atoms with Gasteiger partial charge in [0.25, 0.3) is 0 Å². The first kappa shape index (κ1) is 18.8. The number of methoxy groups -OCH3 is 2. The molecule has 0 fully saturated rings. The quantitative estimate of drug-likeness (QED) is 0.315. The zero-order chi connectivity index (χ0) is 22.0. The molecule has 0 saturated carbocycles. The van der Waals surface area contributed by atoms with Gasteiger partial charge >= 0.3 is 0 Å². The lowest BCUT2D eigenvalue weighted by molar-refractivity contribution is 0.355. The Morgan fingerprint density at radius 3 is 2.44 bits per heavy atom. The predicted octanol–water partition coefficient (Wildman–Crippen LogP) is 6.92. The summed E-state index contributed by atoms with van der Waals surface area (Å²) in [7, 11) is 3.27. The van der Waals surface area contributed by atoms with Crippen LogP contribution in [0.4, 0.5) is 0 Å². The molecule has 4 aromatic carbocycles. The molecule has 6 rings (SSSR count). The number of aromatic nitrogens is 2. The van der Waals surface area contributed by atoms with Gasteiger partial charge in [-0.1, -0.05) is 24.3 Å². The molecule has 0 saturated heterocycles. The van der Waals surface area contributed by atoms with Crippen molar-refractivity contribution in [3.05, 3.63) is 65.9 Å². The van der Waals surface area contributed by atoms with E-state index in [1.165, 1.54) is 16.3 Å². The molecule has 0 radical (unpaired) electrons. The molecule has 6 aromatic rings. The topological polar surface area (TPSA) is 60.3 Å². The summed E-state index contributed by atoms with van der Waals surface area (Å²) in [6, 6.07) is 16.6. The van der Waals surface area contributed by atoms with E-state index in [0.29, 0.717) is 11.5 Å². The third-order valence-corrected chi connectivity index (χ3v) is 6.35. The second kappa shape index (κ2) is 6.76. The standard InChI is InChI=1S/C27H22N2O3/c1-14-6-5-7-18-17(14)9-10-19-23(18)25-24(22-15(2)13-32-26(19)22)28-27(29-25)16-8-11-20(30-3)21(12-16)31-4/h5-13H,1-4H3,(H,28,29). The minimum absolute atomic E-state index is 0.668. The lowest BCUT2D eigenvalue weighted by Gasteiger charge is -2.08. The fraction of sp³-hybridized carbons (Fsp3) is 0.148. The molecule has 5 heteroatoms. The highest BCUT2D eigenvalue weighted by atomic mass is 16.5. The summed E-state index contributed by atoms with van der Waals surface area (Å²) >= 11 is 0. The van der Waals surface area contributed by atoms with Gasteiger partial charge in [-0.25, -0.2) is 4.98 Å². The number of nitrogens with one attached hydrogen (secondary N) is 1. The maximum atomic E-state index is 6.05. The molecule has 2 aromatic heterocycles. The van der Waals surface area contributed by atoms with E-state index < -0.39 is 0 Å². The van der Waals surface area contributed by atoms with Crippen LogP contribution in [0.1, 0.15) is 11.1 Å². The van der Waals surface area contributed by atoms with E-state index in [1.807, 2.05) is 24.5 Å². The number of imidazole rings is 1. The van der Waals surface area contributed by atoms with Gasteiger partial charge in [0, 0.05) is 21.7 Å². The van der Waals surface area contributed by atoms with Crippen LogP contribution in [0.3, 0.4) is 0 Å². The van der Waals surface area contributed by atoms with Crippen molar-refractivity contribution < 1.29 is 13.9 Å². The fourth-order valence-corrected chi connectivity index (χ4v) is 4.77. The van der Waals surface area contributed by atoms with Crippen LogP contribution in [0.2, 0.25) is 0 Å². The average Bonchev–Trinajstić information content (AvgIpc) is 3.42. The van der Waals surface area contributed by atoms with Gasteiger partial charge in [-0.15, -0.1) is 0 Å². The molecule has 0 aliphatic heterocycles. The lowest BCUT2D eigenvalue weighted by Crippen LogP contribution is -1.91. The number of benzene rings is 4. The normalized spacial score (nSPS) is 11.8. The summed E-state index contributed by atoms with van der Waals surface area (Å²) in [5.74, 6) is 2.13. The number of rotatable bonds is 3. The maximum Gasteiger partial charge on any atom is 0.161 e. The Hall–Kier alpha value is -3.99. The Morgan fingerprint density at radius 2 is 1.62 bits per heavy atom. The third-order valence-electron chi connectivity index (χ3n) is 6.35. The van der Waals surface area contributed by atoms with Crippen LogP contribution in [0.5, 0.6) is 11.5 Å². The number of H-pyrrole nitrogens is 1. The molecule has 2 heterocycles. The number of hydrogen-bond donors (Lipinski definition) is 1. The Balaban J connectivity index is 1.77. The van der Waals surface area contributed by atoms with Gasteiger partial charge in [0.15, 0.2) is 11.5 Å². The van der Waals surface area contributed by atoms with Crippen molar-refractivity contribution in [2.75, 3.05) is 14.2 Å². The van der Waals surface area contributed by atoms with E-state index in [0.717, 1.165) is 49.7 Å². The first-order valence-electron chi connectivity index (χ1n) is 10.5. The monoisotopic (exact) mass is 422 g/mol. The van der Waals surface area contributed by atoms with E-state index in [1.54, 1.807) is 14.2 Å². The number of furan rings is 1. The van der Waals surface area contributed by atoms with Gasteiger partial charge in [-0.05, 0) is 60.0 Å². The second-order valence-electron chi connectivity index (χ2n) is 8.16. The molecular weight excluding hydrogens is 400 g/mol. The van der Waals surface area contributed by atoms with Crippen molar-refractivity contribution in [1.29, 1.82) is 0 Å². The van der Waals surface area contributed by atoms with Gasteiger partial charge in [0.1, 0.15) is 11.4 Å². The zero-order valence-electron chi connectivity index (χ0n) is 18.4. The Bertz CT molecular complexity index is 1670. The average molecular weight is 422 g/mol. The van der Waals surface area contributed by atoms with Gasteiger partial charge < -0.3 is 18.9 Å². The smallest absolute Gasteiger partial charge is 0.161 e. The maximum absolute atomic E-state index is 6.05. The first-order chi connectivity index (χ1) is 15.6. The molecule has 0 aliphatic rings. The number of nitrogens with zero attached hydrogens (tertiary/aromatic N) is 1. The molecule has 32 heavy (non-hydrogen) atoms. The van der Waals surface area contributed by atoms with Crippen molar-refractivity contribution in [2.45, 2.75) is 13.8 Å². The van der Waals surface area contributed by atoms with E-state index in [2.05, 4.69) is 49.2 Å². The zero-order valence-corrected chi connectivity index (χ0v) is 18.4. The SMILES string of the molecule is COc1ccc(-c2nc3c([nH]2)c2c(C)coc2c2ccc4c(C)cccc4c23)cc1OC. The summed E-state index contributed by atoms with van der Waals surface area (Å²) in [5, 5.41) is 5.64. The van der Waals surface area contributed by atoms with Crippen molar-refractivity contribution in [2.24, 2.45) is 0 Å². The summed E-state index contributed by atoms with van der Waals surface area (Å²) in [4.78, 5) is 8.67. The molecule has 0 amide bonds. The molecular formula is C27H22N2O3. The van der Waals surface area contributed by atoms with Crippen LogP contribution in [0.15, 0.2) is 59.2 Å². The van der Waals surface area contributed by atoms with Crippen LogP contribution < -0.4 is 9.47 Å². The van der Waals surface area contributed by atoms with Crippen LogP contribution in [-0.2, 0) is 0 Å². The Labute approximate surface area is 184 Å². The summed E-state index contributed by atoms with van der Waals surface area (Å²) in [6.07, 6.45) is 1.82. The van der Waals surface area contributed by atoms with E-state index >= 15 is 0 Å². The van der Waals surface area contributed by atoms with Gasteiger partial charge in [-0.2, -0.15) is 0 Å². The molecule has 5 nitrogen and oxygen atoms in total. The Morgan fingerprint density at radius 1 is 0.812 bits per heavy atom. The van der Waals surface area contributed by atoms with Crippen LogP contribution >= 0.6 is 0 Å².